The van der Waals surface area contributed by atoms with Crippen LogP contribution < -0.4 is 21.7 Å². The lowest BCUT2D eigenvalue weighted by Gasteiger charge is -2.30. The third kappa shape index (κ3) is 4.18. The second-order valence-corrected chi connectivity index (χ2v) is 7.33. The number of nitrogens with one attached hydrogen (secondary N) is 1. The van der Waals surface area contributed by atoms with Crippen LogP contribution in [0.5, 0.6) is 0 Å². The smallest absolute Gasteiger partial charge is 0.255 e. The molecule has 1 saturated heterocycles. The van der Waals surface area contributed by atoms with Crippen LogP contribution >= 0.6 is 0 Å². The summed E-state index contributed by atoms with van der Waals surface area (Å²) in [4.78, 5) is 40.5. The van der Waals surface area contributed by atoms with E-state index < -0.39 is 6.04 Å². The minimum atomic E-state index is -0.597. The molecule has 0 aromatic heterocycles. The number of rotatable bonds is 9. The monoisotopic (exact) mass is 387 g/mol. The molecule has 8 nitrogen and oxygen atoms in total. The van der Waals surface area contributed by atoms with Gasteiger partial charge in [-0.2, -0.15) is 0 Å². The van der Waals surface area contributed by atoms with Gasteiger partial charge in [-0.05, 0) is 50.9 Å². The summed E-state index contributed by atoms with van der Waals surface area (Å²) in [7, 11) is 0. The van der Waals surface area contributed by atoms with Gasteiger partial charge in [0.15, 0.2) is 0 Å². The molecule has 2 heterocycles. The van der Waals surface area contributed by atoms with Crippen molar-refractivity contribution in [3.63, 3.8) is 0 Å². The first-order valence-electron chi connectivity index (χ1n) is 9.98. The van der Waals surface area contributed by atoms with Gasteiger partial charge in [0, 0.05) is 42.9 Å². The van der Waals surface area contributed by atoms with Crippen molar-refractivity contribution < 1.29 is 14.4 Å². The first-order valence-corrected chi connectivity index (χ1v) is 9.98. The highest BCUT2D eigenvalue weighted by molar-refractivity contribution is 6.06. The van der Waals surface area contributed by atoms with Crippen LogP contribution in [0, 0.1) is 0 Å². The molecule has 0 radical (unpaired) electrons. The Kier molecular flexibility index (Phi) is 6.64. The van der Waals surface area contributed by atoms with E-state index in [1.165, 1.54) is 0 Å². The summed E-state index contributed by atoms with van der Waals surface area (Å²) in [6.07, 6.45) is 3.39. The van der Waals surface area contributed by atoms with Crippen molar-refractivity contribution in [2.24, 2.45) is 11.5 Å². The summed E-state index contributed by atoms with van der Waals surface area (Å²) in [5, 5.41) is 2.35. The Labute approximate surface area is 165 Å². The molecule has 0 spiro atoms. The molecule has 3 amide bonds. The SMILES string of the molecule is NCCCCN(CCCN)c1cccc2c1CN(C1CCC(=O)NC1=O)C2=O. The topological polar surface area (TPSA) is 122 Å². The number of amides is 3. The number of nitrogens with zero attached hydrogens (tertiary/aromatic N) is 2. The zero-order valence-electron chi connectivity index (χ0n) is 16.2. The van der Waals surface area contributed by atoms with E-state index in [0.717, 1.165) is 43.6 Å². The van der Waals surface area contributed by atoms with Gasteiger partial charge in [0.1, 0.15) is 6.04 Å². The number of benzene rings is 1. The van der Waals surface area contributed by atoms with Gasteiger partial charge in [0.2, 0.25) is 11.8 Å². The van der Waals surface area contributed by atoms with Crippen LogP contribution in [-0.4, -0.2) is 54.8 Å². The van der Waals surface area contributed by atoms with Crippen LogP contribution in [0.3, 0.4) is 0 Å². The maximum Gasteiger partial charge on any atom is 0.255 e. The molecule has 0 saturated carbocycles. The molecule has 0 aliphatic carbocycles. The molecule has 8 heteroatoms. The Morgan fingerprint density at radius 2 is 1.82 bits per heavy atom. The van der Waals surface area contributed by atoms with E-state index in [1.807, 2.05) is 18.2 Å². The van der Waals surface area contributed by atoms with E-state index in [0.29, 0.717) is 31.6 Å². The molecule has 0 bridgehead atoms. The number of imide groups is 1. The number of piperidine rings is 1. The van der Waals surface area contributed by atoms with E-state index in [9.17, 15) is 14.4 Å². The fraction of sp³-hybridized carbons (Fsp3) is 0.550. The Bertz CT molecular complexity index is 751. The van der Waals surface area contributed by atoms with Crippen molar-refractivity contribution in [1.29, 1.82) is 0 Å². The molecule has 1 atom stereocenters. The van der Waals surface area contributed by atoms with Crippen molar-refractivity contribution in [2.45, 2.75) is 44.7 Å². The van der Waals surface area contributed by atoms with E-state index in [2.05, 4.69) is 10.2 Å². The Balaban J connectivity index is 1.83. The first-order chi connectivity index (χ1) is 13.6. The number of nitrogens with two attached hydrogens (primary N) is 2. The second kappa shape index (κ2) is 9.16. The van der Waals surface area contributed by atoms with Gasteiger partial charge in [0.25, 0.3) is 5.91 Å². The molecule has 28 heavy (non-hydrogen) atoms. The van der Waals surface area contributed by atoms with Gasteiger partial charge in [-0.25, -0.2) is 0 Å². The Hall–Kier alpha value is -2.45. The molecule has 5 N–H and O–H groups in total. The molecule has 1 fully saturated rings. The number of hydrogen-bond donors (Lipinski definition) is 3. The average Bonchev–Trinajstić information content (AvgIpc) is 3.01. The number of anilines is 1. The molecule has 1 unspecified atom stereocenters. The number of hydrogen-bond acceptors (Lipinski definition) is 6. The Morgan fingerprint density at radius 1 is 1.07 bits per heavy atom. The van der Waals surface area contributed by atoms with Gasteiger partial charge in [-0.1, -0.05) is 6.07 Å². The van der Waals surface area contributed by atoms with Gasteiger partial charge in [-0.3, -0.25) is 19.7 Å². The number of fused-ring (bicyclic) bond motifs is 1. The number of unbranched alkanes of at least 4 members (excludes halogenated alkanes) is 1. The van der Waals surface area contributed by atoms with E-state index >= 15 is 0 Å². The number of carbonyl (C=O) groups excluding carboxylic acids is 3. The van der Waals surface area contributed by atoms with Gasteiger partial charge < -0.3 is 21.3 Å². The molecule has 2 aliphatic heterocycles. The normalized spacial score (nSPS) is 19.0. The minimum Gasteiger partial charge on any atom is -0.371 e. The summed E-state index contributed by atoms with van der Waals surface area (Å²) in [6, 6.07) is 5.13. The van der Waals surface area contributed by atoms with Gasteiger partial charge >= 0.3 is 0 Å². The van der Waals surface area contributed by atoms with Crippen molar-refractivity contribution in [3.05, 3.63) is 29.3 Å². The van der Waals surface area contributed by atoms with Crippen LogP contribution in [0.15, 0.2) is 18.2 Å². The summed E-state index contributed by atoms with van der Waals surface area (Å²) in [5.41, 5.74) is 13.9. The van der Waals surface area contributed by atoms with Crippen molar-refractivity contribution in [2.75, 3.05) is 31.1 Å². The lowest BCUT2D eigenvalue weighted by molar-refractivity contribution is -0.136. The summed E-state index contributed by atoms with van der Waals surface area (Å²) < 4.78 is 0. The number of carbonyl (C=O) groups is 3. The lowest BCUT2D eigenvalue weighted by Crippen LogP contribution is -2.52. The Morgan fingerprint density at radius 3 is 2.54 bits per heavy atom. The maximum atomic E-state index is 13.0. The highest BCUT2D eigenvalue weighted by atomic mass is 16.2. The molecule has 3 rings (SSSR count). The van der Waals surface area contributed by atoms with Crippen molar-refractivity contribution in [3.8, 4) is 0 Å². The van der Waals surface area contributed by atoms with Gasteiger partial charge in [-0.15, -0.1) is 0 Å². The first kappa shape index (κ1) is 20.3. The highest BCUT2D eigenvalue weighted by Gasteiger charge is 2.40. The summed E-state index contributed by atoms with van der Waals surface area (Å²) in [5.74, 6) is -0.812. The largest absolute Gasteiger partial charge is 0.371 e. The predicted molar refractivity (Wildman–Crippen MR) is 107 cm³/mol. The maximum absolute atomic E-state index is 13.0. The summed E-state index contributed by atoms with van der Waals surface area (Å²) in [6.45, 7) is 3.29. The predicted octanol–water partition coefficient (Wildman–Crippen LogP) is 0.342. The molecule has 152 valence electrons. The molecular weight excluding hydrogens is 358 g/mol. The van der Waals surface area contributed by atoms with Crippen molar-refractivity contribution >= 4 is 23.4 Å². The van der Waals surface area contributed by atoms with Gasteiger partial charge in [0.05, 0.1) is 0 Å². The minimum absolute atomic E-state index is 0.146. The molecule has 1 aromatic rings. The molecule has 1 aromatic carbocycles. The zero-order valence-corrected chi connectivity index (χ0v) is 16.2. The van der Waals surface area contributed by atoms with Crippen LogP contribution in [0.2, 0.25) is 0 Å². The van der Waals surface area contributed by atoms with Crippen LogP contribution in [0.25, 0.3) is 0 Å². The fourth-order valence-electron chi connectivity index (χ4n) is 3.95. The third-order valence-corrected chi connectivity index (χ3v) is 5.41. The zero-order chi connectivity index (χ0) is 20.1. The van der Waals surface area contributed by atoms with Crippen LogP contribution in [-0.2, 0) is 16.1 Å². The lowest BCUT2D eigenvalue weighted by atomic mass is 10.0. The second-order valence-electron chi connectivity index (χ2n) is 7.33. The standard InChI is InChI=1S/C20H29N5O3/c21-9-1-2-11-24(12-4-10-22)16-6-3-5-14-15(16)13-25(20(14)28)17-7-8-18(26)23-19(17)27/h3,5-6,17H,1-2,4,7-13,21-22H2,(H,23,26,27). The quantitative estimate of drug-likeness (QED) is 0.415. The summed E-state index contributed by atoms with van der Waals surface area (Å²) >= 11 is 0. The van der Waals surface area contributed by atoms with Crippen LogP contribution in [0.1, 0.15) is 48.0 Å². The van der Waals surface area contributed by atoms with E-state index in [1.54, 1.807) is 4.90 Å². The van der Waals surface area contributed by atoms with E-state index in [-0.39, 0.29) is 24.1 Å². The van der Waals surface area contributed by atoms with Crippen LogP contribution in [0.4, 0.5) is 5.69 Å². The third-order valence-electron chi connectivity index (χ3n) is 5.41. The highest BCUT2D eigenvalue weighted by Crippen LogP contribution is 2.34. The van der Waals surface area contributed by atoms with E-state index in [4.69, 9.17) is 11.5 Å². The average molecular weight is 387 g/mol. The van der Waals surface area contributed by atoms with Crippen molar-refractivity contribution in [1.82, 2.24) is 10.2 Å². The molecular formula is C20H29N5O3. The molecule has 2 aliphatic rings. The fourth-order valence-corrected chi connectivity index (χ4v) is 3.95.